The van der Waals surface area contributed by atoms with E-state index in [0.717, 1.165) is 11.3 Å². The van der Waals surface area contributed by atoms with Gasteiger partial charge in [-0.2, -0.15) is 16.6 Å². The summed E-state index contributed by atoms with van der Waals surface area (Å²) in [7, 11) is 0. The number of hydrogen-bond donors (Lipinski definition) is 1. The number of nitrogens with one attached hydrogen (secondary N) is 1. The van der Waals surface area contributed by atoms with Crippen LogP contribution in [0.2, 0.25) is 0 Å². The maximum atomic E-state index is 9.02. The van der Waals surface area contributed by atoms with Crippen molar-refractivity contribution in [3.05, 3.63) is 58.9 Å². The molecule has 3 heteroatoms. The van der Waals surface area contributed by atoms with E-state index in [1.807, 2.05) is 47.2 Å². The average molecular weight is 226 g/mol. The molecule has 1 heterocycles. The van der Waals surface area contributed by atoms with Crippen LogP contribution in [0.25, 0.3) is 5.57 Å². The van der Waals surface area contributed by atoms with E-state index >= 15 is 0 Å². The minimum atomic E-state index is 0.644. The molecule has 0 aliphatic heterocycles. The number of nitrogens with zero attached hydrogens (tertiary/aromatic N) is 1. The third-order valence-corrected chi connectivity index (χ3v) is 2.79. The Balaban J connectivity index is 2.15. The number of anilines is 1. The summed E-state index contributed by atoms with van der Waals surface area (Å²) in [5, 5.41) is 16.0. The van der Waals surface area contributed by atoms with Crippen LogP contribution in [-0.2, 0) is 0 Å². The Morgan fingerprint density at radius 1 is 1.25 bits per heavy atom. The maximum absolute atomic E-state index is 9.02. The predicted molar refractivity (Wildman–Crippen MR) is 68.0 cm³/mol. The largest absolute Gasteiger partial charge is 0.360 e. The van der Waals surface area contributed by atoms with Gasteiger partial charge >= 0.3 is 0 Å². The first-order valence-electron chi connectivity index (χ1n) is 4.84. The standard InChI is InChI=1S/C13H10N2S/c14-8-12(11-6-7-16-10-11)9-15-13-4-2-1-3-5-13/h1-7,9-10,15H/b12-9-. The Kier molecular flexibility index (Phi) is 3.37. The SMILES string of the molecule is N#C/C(=C/Nc1ccccc1)c1ccsc1. The van der Waals surface area contributed by atoms with Crippen molar-refractivity contribution in [2.45, 2.75) is 0 Å². The van der Waals surface area contributed by atoms with Gasteiger partial charge in [0.05, 0.1) is 5.57 Å². The maximum Gasteiger partial charge on any atom is 0.101 e. The van der Waals surface area contributed by atoms with Crippen LogP contribution in [0.3, 0.4) is 0 Å². The van der Waals surface area contributed by atoms with E-state index < -0.39 is 0 Å². The molecular formula is C13H10N2S. The summed E-state index contributed by atoms with van der Waals surface area (Å²) in [5.74, 6) is 0. The van der Waals surface area contributed by atoms with Gasteiger partial charge in [0.1, 0.15) is 6.07 Å². The lowest BCUT2D eigenvalue weighted by Crippen LogP contribution is -1.89. The molecule has 2 rings (SSSR count). The van der Waals surface area contributed by atoms with Crippen LogP contribution in [0, 0.1) is 11.3 Å². The molecule has 0 unspecified atom stereocenters. The van der Waals surface area contributed by atoms with Gasteiger partial charge in [0.15, 0.2) is 0 Å². The Labute approximate surface area is 98.5 Å². The number of hydrogen-bond acceptors (Lipinski definition) is 3. The molecule has 1 aromatic heterocycles. The lowest BCUT2D eigenvalue weighted by molar-refractivity contribution is 1.52. The molecule has 2 aromatic rings. The van der Waals surface area contributed by atoms with Crippen molar-refractivity contribution >= 4 is 22.6 Å². The second kappa shape index (κ2) is 5.15. The molecule has 0 atom stereocenters. The van der Waals surface area contributed by atoms with Crippen molar-refractivity contribution in [3.8, 4) is 6.07 Å². The number of thiophene rings is 1. The molecule has 0 aliphatic carbocycles. The van der Waals surface area contributed by atoms with Crippen LogP contribution in [0.5, 0.6) is 0 Å². The van der Waals surface area contributed by atoms with Crippen LogP contribution in [-0.4, -0.2) is 0 Å². The van der Waals surface area contributed by atoms with Gasteiger partial charge < -0.3 is 5.32 Å². The van der Waals surface area contributed by atoms with Crippen molar-refractivity contribution in [2.75, 3.05) is 5.32 Å². The third kappa shape index (κ3) is 2.50. The molecule has 0 fully saturated rings. The minimum absolute atomic E-state index is 0.644. The Morgan fingerprint density at radius 3 is 2.69 bits per heavy atom. The van der Waals surface area contributed by atoms with Gasteiger partial charge in [-0.1, -0.05) is 18.2 Å². The molecule has 2 nitrogen and oxygen atoms in total. The van der Waals surface area contributed by atoms with Crippen LogP contribution in [0.4, 0.5) is 5.69 Å². The summed E-state index contributed by atoms with van der Waals surface area (Å²) >= 11 is 1.59. The van der Waals surface area contributed by atoms with Gasteiger partial charge in [0.25, 0.3) is 0 Å². The quantitative estimate of drug-likeness (QED) is 0.809. The molecule has 0 amide bonds. The van der Waals surface area contributed by atoms with Gasteiger partial charge in [0.2, 0.25) is 0 Å². The summed E-state index contributed by atoms with van der Waals surface area (Å²) < 4.78 is 0. The number of allylic oxidation sites excluding steroid dienone is 1. The van der Waals surface area contributed by atoms with E-state index in [9.17, 15) is 0 Å². The van der Waals surface area contributed by atoms with Crippen molar-refractivity contribution in [3.63, 3.8) is 0 Å². The van der Waals surface area contributed by atoms with Gasteiger partial charge in [-0.25, -0.2) is 0 Å². The Bertz CT molecular complexity index is 507. The first kappa shape index (κ1) is 10.5. The van der Waals surface area contributed by atoms with Gasteiger partial charge in [-0.3, -0.25) is 0 Å². The molecule has 0 aliphatic rings. The summed E-state index contributed by atoms with van der Waals surface area (Å²) in [6.45, 7) is 0. The summed E-state index contributed by atoms with van der Waals surface area (Å²) in [6, 6.07) is 13.9. The fourth-order valence-electron chi connectivity index (χ4n) is 1.29. The van der Waals surface area contributed by atoms with Crippen molar-refractivity contribution in [1.82, 2.24) is 0 Å². The topological polar surface area (TPSA) is 35.8 Å². The fraction of sp³-hybridized carbons (Fsp3) is 0. The number of rotatable bonds is 3. The van der Waals surface area contributed by atoms with Gasteiger partial charge in [0, 0.05) is 17.5 Å². The van der Waals surface area contributed by atoms with E-state index in [4.69, 9.17) is 5.26 Å². The lowest BCUT2D eigenvalue weighted by atomic mass is 10.2. The second-order valence-corrected chi connectivity index (χ2v) is 3.97. The summed E-state index contributed by atoms with van der Waals surface area (Å²) in [5.41, 5.74) is 2.58. The molecular weight excluding hydrogens is 216 g/mol. The highest BCUT2D eigenvalue weighted by atomic mass is 32.1. The molecule has 0 bridgehead atoms. The first-order valence-corrected chi connectivity index (χ1v) is 5.79. The molecule has 0 spiro atoms. The van der Waals surface area contributed by atoms with Crippen LogP contribution < -0.4 is 5.32 Å². The van der Waals surface area contributed by atoms with Crippen LogP contribution in [0.1, 0.15) is 5.56 Å². The Hall–Kier alpha value is -2.05. The molecule has 0 saturated heterocycles. The monoisotopic (exact) mass is 226 g/mol. The zero-order chi connectivity index (χ0) is 11.2. The van der Waals surface area contributed by atoms with Crippen molar-refractivity contribution in [2.24, 2.45) is 0 Å². The molecule has 16 heavy (non-hydrogen) atoms. The zero-order valence-corrected chi connectivity index (χ0v) is 9.37. The van der Waals surface area contributed by atoms with Crippen molar-refractivity contribution in [1.29, 1.82) is 5.26 Å². The molecule has 78 valence electrons. The van der Waals surface area contributed by atoms with Crippen LogP contribution in [0.15, 0.2) is 53.4 Å². The van der Waals surface area contributed by atoms with E-state index in [-0.39, 0.29) is 0 Å². The van der Waals surface area contributed by atoms with Crippen LogP contribution >= 0.6 is 11.3 Å². The van der Waals surface area contributed by atoms with E-state index in [1.165, 1.54) is 0 Å². The van der Waals surface area contributed by atoms with E-state index in [1.54, 1.807) is 17.5 Å². The normalized spacial score (nSPS) is 10.8. The highest BCUT2D eigenvalue weighted by molar-refractivity contribution is 7.08. The lowest BCUT2D eigenvalue weighted by Gasteiger charge is -2.00. The number of para-hydroxylation sites is 1. The summed E-state index contributed by atoms with van der Waals surface area (Å²) in [6.07, 6.45) is 1.73. The zero-order valence-electron chi connectivity index (χ0n) is 8.55. The third-order valence-electron chi connectivity index (χ3n) is 2.11. The van der Waals surface area contributed by atoms with E-state index in [0.29, 0.717) is 5.57 Å². The molecule has 1 aromatic carbocycles. The fourth-order valence-corrected chi connectivity index (χ4v) is 1.94. The minimum Gasteiger partial charge on any atom is -0.360 e. The summed E-state index contributed by atoms with van der Waals surface area (Å²) in [4.78, 5) is 0. The number of benzene rings is 1. The number of nitriles is 1. The second-order valence-electron chi connectivity index (χ2n) is 3.19. The van der Waals surface area contributed by atoms with Crippen molar-refractivity contribution < 1.29 is 0 Å². The van der Waals surface area contributed by atoms with Gasteiger partial charge in [-0.05, 0) is 29.0 Å². The highest BCUT2D eigenvalue weighted by Crippen LogP contribution is 2.17. The molecule has 0 saturated carbocycles. The average Bonchev–Trinajstić information content (AvgIpc) is 2.85. The molecule has 0 radical (unpaired) electrons. The predicted octanol–water partition coefficient (Wildman–Crippen LogP) is 3.72. The van der Waals surface area contributed by atoms with Gasteiger partial charge in [-0.15, -0.1) is 0 Å². The highest BCUT2D eigenvalue weighted by Gasteiger charge is 1.99. The Morgan fingerprint density at radius 2 is 2.06 bits per heavy atom. The smallest absolute Gasteiger partial charge is 0.101 e. The van der Waals surface area contributed by atoms with E-state index in [2.05, 4.69) is 11.4 Å². The molecule has 1 N–H and O–H groups in total. The first-order chi connectivity index (χ1) is 7.90.